The number of fused-ring (bicyclic) bond motifs is 1. The third-order valence-corrected chi connectivity index (χ3v) is 5.92. The summed E-state index contributed by atoms with van der Waals surface area (Å²) >= 11 is 2.95. The maximum absolute atomic E-state index is 14.9. The first kappa shape index (κ1) is 21.8. The van der Waals surface area contributed by atoms with Crippen molar-refractivity contribution in [1.82, 2.24) is 9.55 Å². The lowest BCUT2D eigenvalue weighted by Gasteiger charge is -2.21. The minimum Gasteiger partial charge on any atom is -0.465 e. The van der Waals surface area contributed by atoms with E-state index >= 15 is 0 Å². The van der Waals surface area contributed by atoms with E-state index in [0.717, 1.165) is 18.2 Å². The van der Waals surface area contributed by atoms with Gasteiger partial charge in [0.05, 0.1) is 41.9 Å². The molecule has 2 aromatic carbocycles. The average molecular weight is 499 g/mol. The molecule has 1 fully saturated rings. The largest absolute Gasteiger partial charge is 0.465 e. The molecule has 0 amide bonds. The molecule has 0 radical (unpaired) electrons. The number of methoxy groups -OCH3 is 2. The molecule has 31 heavy (non-hydrogen) atoms. The Balaban J connectivity index is 1.92. The Bertz CT molecular complexity index is 1170. The fourth-order valence-corrected chi connectivity index (χ4v) is 4.11. The van der Waals surface area contributed by atoms with Gasteiger partial charge >= 0.3 is 5.97 Å². The zero-order chi connectivity index (χ0) is 22.3. The van der Waals surface area contributed by atoms with Gasteiger partial charge in [-0.2, -0.15) is 0 Å². The van der Waals surface area contributed by atoms with E-state index in [4.69, 9.17) is 14.2 Å². The molecule has 2 atom stereocenters. The number of halogens is 4. The number of rotatable bonds is 5. The molecule has 0 unspecified atom stereocenters. The lowest BCUT2D eigenvalue weighted by atomic mass is 10.1. The molecule has 4 rings (SSSR count). The number of aromatic nitrogens is 2. The van der Waals surface area contributed by atoms with Crippen molar-refractivity contribution >= 4 is 32.9 Å². The van der Waals surface area contributed by atoms with Crippen LogP contribution in [0.5, 0.6) is 0 Å². The predicted molar refractivity (Wildman–Crippen MR) is 109 cm³/mol. The molecule has 3 aromatic rings. The number of carbonyl (C=O) groups excluding carboxylic acids is 1. The Morgan fingerprint density at radius 1 is 1.16 bits per heavy atom. The summed E-state index contributed by atoms with van der Waals surface area (Å²) in [5.41, 5.74) is 0.376. The summed E-state index contributed by atoms with van der Waals surface area (Å²) in [4.78, 5) is 16.4. The molecular formula is C21H18BrF3N2O4. The smallest absolute Gasteiger partial charge is 0.338 e. The van der Waals surface area contributed by atoms with Crippen LogP contribution in [0.25, 0.3) is 11.0 Å². The number of imidazole rings is 1. The first-order chi connectivity index (χ1) is 14.8. The molecule has 1 saturated heterocycles. The van der Waals surface area contributed by atoms with E-state index in [9.17, 15) is 18.0 Å². The van der Waals surface area contributed by atoms with Crippen molar-refractivity contribution in [2.75, 3.05) is 27.4 Å². The summed E-state index contributed by atoms with van der Waals surface area (Å²) in [5, 5.41) is 0. The van der Waals surface area contributed by atoms with Crippen molar-refractivity contribution in [3.63, 3.8) is 0 Å². The number of nitrogens with zero attached hydrogens (tertiary/aromatic N) is 2. The van der Waals surface area contributed by atoms with Crippen LogP contribution < -0.4 is 0 Å². The van der Waals surface area contributed by atoms with Crippen molar-refractivity contribution in [3.8, 4) is 0 Å². The van der Waals surface area contributed by atoms with Gasteiger partial charge in [0.25, 0.3) is 0 Å². The van der Waals surface area contributed by atoms with Gasteiger partial charge < -0.3 is 18.8 Å². The first-order valence-electron chi connectivity index (χ1n) is 9.36. The molecular weight excluding hydrogens is 481 g/mol. The summed E-state index contributed by atoms with van der Waals surface area (Å²) < 4.78 is 60.8. The van der Waals surface area contributed by atoms with Gasteiger partial charge in [0, 0.05) is 13.5 Å². The summed E-state index contributed by atoms with van der Waals surface area (Å²) in [7, 11) is 2.72. The average Bonchev–Trinajstić information content (AvgIpc) is 3.35. The van der Waals surface area contributed by atoms with Crippen LogP contribution in [0.4, 0.5) is 13.2 Å². The SMILES string of the molecule is COC(=O)c1cc(F)c2nc(Cc3cc(F)c(Br)cc3F)n([C@@H]3COC[C@@H]3OC)c2c1. The fraction of sp³-hybridized carbons (Fsp3) is 0.333. The van der Waals surface area contributed by atoms with Crippen molar-refractivity contribution < 1.29 is 32.2 Å². The highest BCUT2D eigenvalue weighted by Crippen LogP contribution is 2.32. The second-order valence-electron chi connectivity index (χ2n) is 7.13. The van der Waals surface area contributed by atoms with E-state index in [0.29, 0.717) is 12.1 Å². The normalized spacial score (nSPS) is 18.6. The maximum atomic E-state index is 14.9. The van der Waals surface area contributed by atoms with E-state index in [1.54, 1.807) is 4.57 Å². The number of ether oxygens (including phenoxy) is 3. The Labute approximate surface area is 184 Å². The molecule has 0 bridgehead atoms. The van der Waals surface area contributed by atoms with Crippen LogP contribution in [0.1, 0.15) is 27.8 Å². The number of hydrogen-bond donors (Lipinski definition) is 0. The van der Waals surface area contributed by atoms with E-state index < -0.39 is 29.5 Å². The van der Waals surface area contributed by atoms with Gasteiger partial charge in [0.15, 0.2) is 5.82 Å². The molecule has 1 aliphatic heterocycles. The topological polar surface area (TPSA) is 62.6 Å². The minimum absolute atomic E-state index is 0.000317. The van der Waals surface area contributed by atoms with Crippen molar-refractivity contribution in [3.05, 3.63) is 63.1 Å². The molecule has 2 heterocycles. The van der Waals surface area contributed by atoms with Crippen LogP contribution in [0.2, 0.25) is 0 Å². The first-order valence-corrected chi connectivity index (χ1v) is 10.2. The number of esters is 1. The van der Waals surface area contributed by atoms with Crippen molar-refractivity contribution in [1.29, 1.82) is 0 Å². The van der Waals surface area contributed by atoms with Crippen LogP contribution in [-0.4, -0.2) is 49.1 Å². The van der Waals surface area contributed by atoms with Crippen LogP contribution in [0, 0.1) is 17.5 Å². The number of carbonyl (C=O) groups is 1. The summed E-state index contributed by atoms with van der Waals surface area (Å²) in [6.07, 6.45) is -0.475. The van der Waals surface area contributed by atoms with E-state index in [2.05, 4.69) is 20.9 Å². The Morgan fingerprint density at radius 3 is 2.65 bits per heavy atom. The Kier molecular flexibility index (Phi) is 6.05. The third-order valence-electron chi connectivity index (χ3n) is 5.32. The molecule has 6 nitrogen and oxygen atoms in total. The summed E-state index contributed by atoms with van der Waals surface area (Å²) in [6, 6.07) is 4.20. The highest BCUT2D eigenvalue weighted by molar-refractivity contribution is 9.10. The second kappa shape index (κ2) is 8.60. The molecule has 0 spiro atoms. The van der Waals surface area contributed by atoms with Crippen molar-refractivity contribution in [2.24, 2.45) is 0 Å². The van der Waals surface area contributed by atoms with E-state index in [1.165, 1.54) is 20.3 Å². The van der Waals surface area contributed by atoms with Gasteiger partial charge in [-0.3, -0.25) is 0 Å². The number of benzene rings is 2. The van der Waals surface area contributed by atoms with Gasteiger partial charge in [-0.05, 0) is 45.8 Å². The van der Waals surface area contributed by atoms with Gasteiger partial charge in [-0.15, -0.1) is 0 Å². The third kappa shape index (κ3) is 3.95. The molecule has 0 N–H and O–H groups in total. The van der Waals surface area contributed by atoms with Crippen LogP contribution in [0.15, 0.2) is 28.7 Å². The van der Waals surface area contributed by atoms with Crippen LogP contribution in [0.3, 0.4) is 0 Å². The zero-order valence-electron chi connectivity index (χ0n) is 16.6. The van der Waals surface area contributed by atoms with Gasteiger partial charge in [-0.1, -0.05) is 0 Å². The quantitative estimate of drug-likeness (QED) is 0.390. The maximum Gasteiger partial charge on any atom is 0.338 e. The van der Waals surface area contributed by atoms with Gasteiger partial charge in [0.2, 0.25) is 0 Å². The summed E-state index contributed by atoms with van der Waals surface area (Å²) in [6.45, 7) is 0.555. The molecule has 1 aromatic heterocycles. The second-order valence-corrected chi connectivity index (χ2v) is 7.98. The van der Waals surface area contributed by atoms with Crippen LogP contribution >= 0.6 is 15.9 Å². The highest BCUT2D eigenvalue weighted by Gasteiger charge is 2.33. The lowest BCUT2D eigenvalue weighted by molar-refractivity contribution is 0.0600. The lowest BCUT2D eigenvalue weighted by Crippen LogP contribution is -2.26. The fourth-order valence-electron chi connectivity index (χ4n) is 3.79. The highest BCUT2D eigenvalue weighted by atomic mass is 79.9. The molecule has 164 valence electrons. The molecule has 10 heteroatoms. The predicted octanol–water partition coefficient (Wildman–Crippen LogP) is 4.18. The van der Waals surface area contributed by atoms with Gasteiger partial charge in [-0.25, -0.2) is 22.9 Å². The summed E-state index contributed by atoms with van der Waals surface area (Å²) in [5.74, 6) is -2.41. The Morgan fingerprint density at radius 2 is 1.94 bits per heavy atom. The van der Waals surface area contributed by atoms with Gasteiger partial charge in [0.1, 0.15) is 29.1 Å². The zero-order valence-corrected chi connectivity index (χ0v) is 18.2. The van der Waals surface area contributed by atoms with E-state index in [-0.39, 0.29) is 46.1 Å². The van der Waals surface area contributed by atoms with E-state index in [1.807, 2.05) is 0 Å². The van der Waals surface area contributed by atoms with Crippen molar-refractivity contribution in [2.45, 2.75) is 18.6 Å². The molecule has 0 aliphatic carbocycles. The monoisotopic (exact) mass is 498 g/mol. The minimum atomic E-state index is -0.728. The molecule has 0 saturated carbocycles. The molecule has 1 aliphatic rings. The Hall–Kier alpha value is -2.43. The standard InChI is InChI=1S/C21H18BrF3N2O4/c1-29-18-9-31-8-17(18)27-16-5-11(21(28)30-2)4-15(25)20(16)26-19(27)6-10-3-14(24)12(22)7-13(10)23/h3-5,7,17-18H,6,8-9H2,1-2H3/t17-,18+/m1/s1. The number of hydrogen-bond acceptors (Lipinski definition) is 5. The van der Waals surface area contributed by atoms with Crippen LogP contribution in [-0.2, 0) is 20.6 Å².